The molecule has 1 saturated heterocycles. The van der Waals surface area contributed by atoms with Crippen LogP contribution in [0.3, 0.4) is 0 Å². The quantitative estimate of drug-likeness (QED) is 0.920. The molecule has 1 aromatic rings. The number of nitrogens with zero attached hydrogens (tertiary/aromatic N) is 2. The van der Waals surface area contributed by atoms with Crippen LogP contribution in [0.25, 0.3) is 0 Å². The zero-order chi connectivity index (χ0) is 13.9. The molecule has 1 fully saturated rings. The van der Waals surface area contributed by atoms with Gasteiger partial charge in [0.25, 0.3) is 0 Å². The summed E-state index contributed by atoms with van der Waals surface area (Å²) in [6.45, 7) is 3.48. The maximum atomic E-state index is 12.4. The summed E-state index contributed by atoms with van der Waals surface area (Å²) in [4.78, 5) is 5.72. The molecule has 1 N–H and O–H groups in total. The van der Waals surface area contributed by atoms with Crippen molar-refractivity contribution in [3.63, 3.8) is 0 Å². The molecule has 0 radical (unpaired) electrons. The normalized spacial score (nSPS) is 17.2. The fourth-order valence-electron chi connectivity index (χ4n) is 2.31. The monoisotopic (exact) mass is 329 g/mol. The zero-order valence-corrected chi connectivity index (χ0v) is 12.9. The Morgan fingerprint density at radius 1 is 1.40 bits per heavy atom. The molecular formula is C12H19ClF3N3S. The molecule has 3 nitrogen and oxygen atoms in total. The van der Waals surface area contributed by atoms with Gasteiger partial charge in [-0.3, -0.25) is 4.90 Å². The number of nitrogens with one attached hydrogen (secondary N) is 1. The largest absolute Gasteiger partial charge is 0.434 e. The van der Waals surface area contributed by atoms with Gasteiger partial charge in [0.15, 0.2) is 5.69 Å². The summed E-state index contributed by atoms with van der Waals surface area (Å²) in [6, 6.07) is 0. The van der Waals surface area contributed by atoms with Gasteiger partial charge >= 0.3 is 6.18 Å². The average Bonchev–Trinajstić information content (AvgIpc) is 2.78. The Kier molecular flexibility index (Phi) is 6.71. The Morgan fingerprint density at radius 3 is 2.60 bits per heavy atom. The highest BCUT2D eigenvalue weighted by Crippen LogP contribution is 2.30. The van der Waals surface area contributed by atoms with E-state index >= 15 is 0 Å². The number of hydrogen-bond donors (Lipinski definition) is 1. The molecule has 2 heterocycles. The first-order valence-electron chi connectivity index (χ1n) is 6.36. The number of halogens is 4. The number of alkyl halides is 3. The maximum absolute atomic E-state index is 12.4. The van der Waals surface area contributed by atoms with Gasteiger partial charge in [-0.15, -0.1) is 23.7 Å². The fraction of sp³-hybridized carbons (Fsp3) is 0.750. The van der Waals surface area contributed by atoms with Gasteiger partial charge in [-0.25, -0.2) is 4.98 Å². The molecule has 0 atom stereocenters. The van der Waals surface area contributed by atoms with Crippen molar-refractivity contribution < 1.29 is 13.2 Å². The summed E-state index contributed by atoms with van der Waals surface area (Å²) in [7, 11) is 1.94. The molecule has 1 aliphatic heterocycles. The molecule has 0 unspecified atom stereocenters. The van der Waals surface area contributed by atoms with Crippen molar-refractivity contribution in [3.8, 4) is 0 Å². The summed E-state index contributed by atoms with van der Waals surface area (Å²) >= 11 is 1.08. The van der Waals surface area contributed by atoms with Crippen LogP contribution in [0.5, 0.6) is 0 Å². The van der Waals surface area contributed by atoms with Gasteiger partial charge in [0.1, 0.15) is 5.01 Å². The standard InChI is InChI=1S/C12H18F3N3S.ClH/c1-18(6-9-2-4-16-5-3-9)7-11-17-10(8-19-11)12(13,14)15;/h8-9,16H,2-7H2,1H3;1H. The number of thiazole rings is 1. The van der Waals surface area contributed by atoms with E-state index in [0.717, 1.165) is 49.2 Å². The Bertz CT molecular complexity index is 405. The third-order valence-electron chi connectivity index (χ3n) is 3.28. The van der Waals surface area contributed by atoms with Crippen molar-refractivity contribution in [2.45, 2.75) is 25.6 Å². The molecule has 0 spiro atoms. The van der Waals surface area contributed by atoms with Crippen LogP contribution in [0, 0.1) is 5.92 Å². The molecule has 0 bridgehead atoms. The first-order valence-corrected chi connectivity index (χ1v) is 7.24. The van der Waals surface area contributed by atoms with Crippen LogP contribution < -0.4 is 5.32 Å². The molecule has 1 aliphatic rings. The van der Waals surface area contributed by atoms with E-state index in [2.05, 4.69) is 15.2 Å². The highest BCUT2D eigenvalue weighted by molar-refractivity contribution is 7.09. The number of hydrogen-bond acceptors (Lipinski definition) is 4. The van der Waals surface area contributed by atoms with Gasteiger partial charge in [0.2, 0.25) is 0 Å². The number of rotatable bonds is 4. The second kappa shape index (κ2) is 7.59. The van der Waals surface area contributed by atoms with E-state index in [0.29, 0.717) is 17.5 Å². The van der Waals surface area contributed by atoms with E-state index in [1.807, 2.05) is 7.05 Å². The summed E-state index contributed by atoms with van der Waals surface area (Å²) in [5, 5.41) is 4.93. The lowest BCUT2D eigenvalue weighted by molar-refractivity contribution is -0.140. The summed E-state index contributed by atoms with van der Waals surface area (Å²) in [5.41, 5.74) is -0.775. The third kappa shape index (κ3) is 5.20. The molecular weight excluding hydrogens is 311 g/mol. The van der Waals surface area contributed by atoms with Crippen LogP contribution in [0.2, 0.25) is 0 Å². The van der Waals surface area contributed by atoms with E-state index in [1.54, 1.807) is 0 Å². The van der Waals surface area contributed by atoms with Crippen LogP contribution in [-0.2, 0) is 12.7 Å². The Labute approximate surface area is 127 Å². The first kappa shape index (κ1) is 17.7. The molecule has 1 aromatic heterocycles. The lowest BCUT2D eigenvalue weighted by Gasteiger charge is -2.27. The summed E-state index contributed by atoms with van der Waals surface area (Å²) < 4.78 is 37.3. The minimum atomic E-state index is -4.33. The zero-order valence-electron chi connectivity index (χ0n) is 11.2. The molecule has 20 heavy (non-hydrogen) atoms. The first-order chi connectivity index (χ1) is 8.95. The minimum absolute atomic E-state index is 0. The van der Waals surface area contributed by atoms with Gasteiger partial charge in [0, 0.05) is 11.9 Å². The SMILES string of the molecule is CN(Cc1nc(C(F)(F)F)cs1)CC1CCNCC1.Cl. The van der Waals surface area contributed by atoms with Crippen molar-refractivity contribution in [1.29, 1.82) is 0 Å². The highest BCUT2D eigenvalue weighted by Gasteiger charge is 2.33. The van der Waals surface area contributed by atoms with Gasteiger partial charge in [0.05, 0.1) is 6.54 Å². The van der Waals surface area contributed by atoms with Crippen molar-refractivity contribution in [2.24, 2.45) is 5.92 Å². The lowest BCUT2D eigenvalue weighted by atomic mass is 9.98. The van der Waals surface area contributed by atoms with E-state index in [1.165, 1.54) is 0 Å². The van der Waals surface area contributed by atoms with E-state index < -0.39 is 11.9 Å². The van der Waals surface area contributed by atoms with Crippen molar-refractivity contribution in [2.75, 3.05) is 26.7 Å². The van der Waals surface area contributed by atoms with E-state index in [9.17, 15) is 13.2 Å². The van der Waals surface area contributed by atoms with Crippen molar-refractivity contribution in [3.05, 3.63) is 16.1 Å². The lowest BCUT2D eigenvalue weighted by Crippen LogP contribution is -2.34. The molecule has 0 amide bonds. The Balaban J connectivity index is 0.00000200. The molecule has 0 aliphatic carbocycles. The van der Waals surface area contributed by atoms with E-state index in [-0.39, 0.29) is 12.4 Å². The second-order valence-electron chi connectivity index (χ2n) is 5.01. The molecule has 0 aromatic carbocycles. The molecule has 116 valence electrons. The van der Waals surface area contributed by atoms with Crippen LogP contribution in [-0.4, -0.2) is 36.6 Å². The van der Waals surface area contributed by atoms with Crippen molar-refractivity contribution >= 4 is 23.7 Å². The Morgan fingerprint density at radius 2 is 2.05 bits per heavy atom. The fourth-order valence-corrected chi connectivity index (χ4v) is 3.19. The van der Waals surface area contributed by atoms with Gasteiger partial charge in [-0.05, 0) is 38.9 Å². The molecule has 8 heteroatoms. The van der Waals surface area contributed by atoms with Crippen LogP contribution in [0.1, 0.15) is 23.5 Å². The predicted molar refractivity (Wildman–Crippen MR) is 76.3 cm³/mol. The number of aromatic nitrogens is 1. The smallest absolute Gasteiger partial charge is 0.317 e. The average molecular weight is 330 g/mol. The van der Waals surface area contributed by atoms with Crippen molar-refractivity contribution in [1.82, 2.24) is 15.2 Å². The second-order valence-corrected chi connectivity index (χ2v) is 5.96. The minimum Gasteiger partial charge on any atom is -0.317 e. The highest BCUT2D eigenvalue weighted by atomic mass is 35.5. The topological polar surface area (TPSA) is 28.2 Å². The van der Waals surface area contributed by atoms with Gasteiger partial charge in [-0.2, -0.15) is 13.2 Å². The summed E-state index contributed by atoms with van der Waals surface area (Å²) in [6.07, 6.45) is -2.06. The van der Waals surface area contributed by atoms with Gasteiger partial charge < -0.3 is 5.32 Å². The van der Waals surface area contributed by atoms with E-state index in [4.69, 9.17) is 0 Å². The predicted octanol–water partition coefficient (Wildman–Crippen LogP) is 3.02. The third-order valence-corrected chi connectivity index (χ3v) is 4.11. The molecule has 2 rings (SSSR count). The molecule has 0 saturated carbocycles. The Hall–Kier alpha value is -0.370. The summed E-state index contributed by atoms with van der Waals surface area (Å²) in [5.74, 6) is 0.633. The van der Waals surface area contributed by atoms with Crippen LogP contribution in [0.4, 0.5) is 13.2 Å². The van der Waals surface area contributed by atoms with Crippen LogP contribution in [0.15, 0.2) is 5.38 Å². The van der Waals surface area contributed by atoms with Gasteiger partial charge in [-0.1, -0.05) is 0 Å². The number of piperidine rings is 1. The van der Waals surface area contributed by atoms with Crippen LogP contribution >= 0.6 is 23.7 Å². The maximum Gasteiger partial charge on any atom is 0.434 e.